The molecule has 0 N–H and O–H groups in total. The predicted molar refractivity (Wildman–Crippen MR) is 53.4 cm³/mol. The molecule has 0 aliphatic carbocycles. The summed E-state index contributed by atoms with van der Waals surface area (Å²) in [7, 11) is 0. The number of alkyl halides is 1. The number of nitrogens with zero attached hydrogens (tertiary/aromatic N) is 4. The molecule has 0 aliphatic rings. The summed E-state index contributed by atoms with van der Waals surface area (Å²) in [5, 5.41) is 11.1. The Hall–Kier alpha value is -1.49. The fourth-order valence-electron chi connectivity index (χ4n) is 1.33. The van der Waals surface area contributed by atoms with Gasteiger partial charge in [-0.3, -0.25) is 0 Å². The van der Waals surface area contributed by atoms with Crippen LogP contribution >= 0.6 is 11.6 Å². The number of aromatic nitrogens is 4. The Labute approximate surface area is 90.7 Å². The maximum Gasteiger partial charge on any atom is 0.171 e. The van der Waals surface area contributed by atoms with E-state index in [1.165, 1.54) is 16.8 Å². The van der Waals surface area contributed by atoms with Gasteiger partial charge < -0.3 is 0 Å². The highest BCUT2D eigenvalue weighted by atomic mass is 35.5. The van der Waals surface area contributed by atoms with Crippen molar-refractivity contribution in [3.05, 3.63) is 35.4 Å². The summed E-state index contributed by atoms with van der Waals surface area (Å²) in [6.45, 7) is 1.79. The van der Waals surface area contributed by atoms with Crippen LogP contribution in [-0.2, 0) is 5.88 Å². The maximum atomic E-state index is 12.9. The lowest BCUT2D eigenvalue weighted by Crippen LogP contribution is -2.03. The van der Waals surface area contributed by atoms with Crippen LogP contribution in [0, 0.1) is 12.7 Å². The van der Waals surface area contributed by atoms with E-state index >= 15 is 0 Å². The lowest BCUT2D eigenvalue weighted by atomic mass is 10.2. The first kappa shape index (κ1) is 10.0. The number of benzene rings is 1. The second kappa shape index (κ2) is 3.94. The van der Waals surface area contributed by atoms with Crippen LogP contribution in [0.3, 0.4) is 0 Å². The smallest absolute Gasteiger partial charge is 0.171 e. The Morgan fingerprint density at radius 1 is 1.47 bits per heavy atom. The molecule has 2 rings (SSSR count). The molecule has 78 valence electrons. The van der Waals surface area contributed by atoms with E-state index in [0.717, 1.165) is 11.3 Å². The first-order valence-electron chi connectivity index (χ1n) is 4.32. The molecule has 0 bridgehead atoms. The van der Waals surface area contributed by atoms with E-state index in [2.05, 4.69) is 15.5 Å². The van der Waals surface area contributed by atoms with Crippen LogP contribution in [0.15, 0.2) is 18.2 Å². The van der Waals surface area contributed by atoms with Gasteiger partial charge in [0.05, 0.1) is 11.6 Å². The molecular weight excluding hydrogens is 219 g/mol. The number of tetrazole rings is 1. The first-order valence-corrected chi connectivity index (χ1v) is 4.85. The lowest BCUT2D eigenvalue weighted by molar-refractivity contribution is 0.625. The Balaban J connectivity index is 2.54. The van der Waals surface area contributed by atoms with Crippen molar-refractivity contribution in [2.45, 2.75) is 12.8 Å². The molecule has 0 unspecified atom stereocenters. The molecule has 6 heteroatoms. The van der Waals surface area contributed by atoms with Crippen molar-refractivity contribution < 1.29 is 4.39 Å². The minimum Gasteiger partial charge on any atom is -0.207 e. The summed E-state index contributed by atoms with van der Waals surface area (Å²) in [5.74, 6) is 0.465. The average molecular weight is 227 g/mol. The molecular formula is C9H8ClFN4. The van der Waals surface area contributed by atoms with E-state index in [4.69, 9.17) is 11.6 Å². The number of aryl methyl sites for hydroxylation is 1. The zero-order valence-electron chi connectivity index (χ0n) is 7.98. The van der Waals surface area contributed by atoms with Crippen molar-refractivity contribution in [1.29, 1.82) is 0 Å². The van der Waals surface area contributed by atoms with E-state index in [0.29, 0.717) is 5.82 Å². The Morgan fingerprint density at radius 2 is 2.27 bits per heavy atom. The van der Waals surface area contributed by atoms with Crippen molar-refractivity contribution in [2.75, 3.05) is 0 Å². The topological polar surface area (TPSA) is 43.6 Å². The van der Waals surface area contributed by atoms with Crippen LogP contribution in [-0.4, -0.2) is 20.2 Å². The molecule has 0 amide bonds. The quantitative estimate of drug-likeness (QED) is 0.734. The van der Waals surface area contributed by atoms with Crippen molar-refractivity contribution >= 4 is 11.6 Å². The molecule has 1 aromatic heterocycles. The van der Waals surface area contributed by atoms with Crippen LogP contribution in [0.2, 0.25) is 0 Å². The van der Waals surface area contributed by atoms with E-state index in [1.807, 2.05) is 0 Å². The molecule has 0 saturated carbocycles. The molecule has 0 spiro atoms. The van der Waals surface area contributed by atoms with Gasteiger partial charge in [0, 0.05) is 0 Å². The van der Waals surface area contributed by atoms with E-state index in [9.17, 15) is 4.39 Å². The van der Waals surface area contributed by atoms with Crippen molar-refractivity contribution in [1.82, 2.24) is 20.2 Å². The normalized spacial score (nSPS) is 10.6. The van der Waals surface area contributed by atoms with Gasteiger partial charge in [-0.25, -0.2) is 4.39 Å². The van der Waals surface area contributed by atoms with Gasteiger partial charge in [-0.1, -0.05) is 0 Å². The third kappa shape index (κ3) is 1.83. The molecule has 2 aromatic rings. The molecule has 0 saturated heterocycles. The summed E-state index contributed by atoms with van der Waals surface area (Å²) in [6, 6.07) is 4.41. The zero-order chi connectivity index (χ0) is 10.8. The van der Waals surface area contributed by atoms with Crippen molar-refractivity contribution in [2.24, 2.45) is 0 Å². The van der Waals surface area contributed by atoms with Crippen LogP contribution in [0.4, 0.5) is 4.39 Å². The van der Waals surface area contributed by atoms with Gasteiger partial charge in [0.2, 0.25) is 0 Å². The average Bonchev–Trinajstić information content (AvgIpc) is 2.65. The number of hydrogen-bond donors (Lipinski definition) is 0. The second-order valence-electron chi connectivity index (χ2n) is 3.07. The largest absolute Gasteiger partial charge is 0.207 e. The van der Waals surface area contributed by atoms with E-state index < -0.39 is 0 Å². The Bertz CT molecular complexity index is 483. The third-order valence-corrected chi connectivity index (χ3v) is 2.28. The zero-order valence-corrected chi connectivity index (χ0v) is 8.74. The minimum absolute atomic E-state index is 0.212. The van der Waals surface area contributed by atoms with Gasteiger partial charge in [-0.05, 0) is 41.1 Å². The fourth-order valence-corrected chi connectivity index (χ4v) is 1.50. The summed E-state index contributed by atoms with van der Waals surface area (Å²) in [6.07, 6.45) is 0. The molecule has 15 heavy (non-hydrogen) atoms. The molecule has 1 heterocycles. The molecule has 1 aromatic carbocycles. The monoisotopic (exact) mass is 226 g/mol. The lowest BCUT2D eigenvalue weighted by Gasteiger charge is -2.05. The highest BCUT2D eigenvalue weighted by Gasteiger charge is 2.09. The summed E-state index contributed by atoms with van der Waals surface area (Å²) in [4.78, 5) is 0. The van der Waals surface area contributed by atoms with Gasteiger partial charge in [0.25, 0.3) is 0 Å². The van der Waals surface area contributed by atoms with Crippen LogP contribution in [0.25, 0.3) is 5.69 Å². The first-order chi connectivity index (χ1) is 7.22. The Kier molecular flexibility index (Phi) is 2.64. The van der Waals surface area contributed by atoms with Crippen molar-refractivity contribution in [3.8, 4) is 5.69 Å². The number of rotatable bonds is 2. The SMILES string of the molecule is Cc1cc(F)ccc1-n1nnnc1CCl. The standard InChI is InChI=1S/C9H8ClFN4/c1-6-4-7(11)2-3-8(6)15-9(5-10)12-13-14-15/h2-4H,5H2,1H3. The fraction of sp³-hybridized carbons (Fsp3) is 0.222. The van der Waals surface area contributed by atoms with Gasteiger partial charge in [0.1, 0.15) is 5.82 Å². The van der Waals surface area contributed by atoms with Gasteiger partial charge in [-0.2, -0.15) is 4.68 Å². The van der Waals surface area contributed by atoms with Crippen molar-refractivity contribution in [3.63, 3.8) is 0 Å². The highest BCUT2D eigenvalue weighted by Crippen LogP contribution is 2.15. The molecule has 0 atom stereocenters. The van der Waals surface area contributed by atoms with Gasteiger partial charge in [-0.15, -0.1) is 16.7 Å². The van der Waals surface area contributed by atoms with Crippen LogP contribution < -0.4 is 0 Å². The Morgan fingerprint density at radius 3 is 2.93 bits per heavy atom. The molecule has 0 radical (unpaired) electrons. The maximum absolute atomic E-state index is 12.9. The van der Waals surface area contributed by atoms with E-state index in [1.54, 1.807) is 13.0 Å². The van der Waals surface area contributed by atoms with Crippen LogP contribution in [0.1, 0.15) is 11.4 Å². The molecule has 0 fully saturated rings. The van der Waals surface area contributed by atoms with E-state index in [-0.39, 0.29) is 11.7 Å². The summed E-state index contributed by atoms with van der Waals surface area (Å²) in [5.41, 5.74) is 1.49. The van der Waals surface area contributed by atoms with Gasteiger partial charge in [0.15, 0.2) is 5.82 Å². The number of hydrogen-bond acceptors (Lipinski definition) is 3. The van der Waals surface area contributed by atoms with Crippen LogP contribution in [0.5, 0.6) is 0 Å². The molecule has 0 aliphatic heterocycles. The predicted octanol–water partition coefficient (Wildman–Crippen LogP) is 1.85. The highest BCUT2D eigenvalue weighted by molar-refractivity contribution is 6.16. The third-order valence-electron chi connectivity index (χ3n) is 2.04. The second-order valence-corrected chi connectivity index (χ2v) is 3.34. The number of halogens is 2. The minimum atomic E-state index is -0.281. The summed E-state index contributed by atoms with van der Waals surface area (Å²) < 4.78 is 14.4. The summed E-state index contributed by atoms with van der Waals surface area (Å²) >= 11 is 5.67. The van der Waals surface area contributed by atoms with Gasteiger partial charge >= 0.3 is 0 Å². The molecule has 4 nitrogen and oxygen atoms in total.